The first-order valence-corrected chi connectivity index (χ1v) is 6.54. The van der Waals surface area contributed by atoms with Crippen molar-refractivity contribution in [2.75, 3.05) is 19.0 Å². The molecule has 1 heterocycles. The predicted octanol–water partition coefficient (Wildman–Crippen LogP) is 2.78. The van der Waals surface area contributed by atoms with Gasteiger partial charge in [0.05, 0.1) is 9.26 Å². The summed E-state index contributed by atoms with van der Waals surface area (Å²) in [5.74, 6) is 1.66. The summed E-state index contributed by atoms with van der Waals surface area (Å²) < 4.78 is 6.36. The molecular weight excluding hydrogens is 317 g/mol. The van der Waals surface area contributed by atoms with E-state index in [4.69, 9.17) is 4.74 Å². The SMILES string of the molecule is CCNc1nc(C(C)OC)nc(CC)c1I. The maximum Gasteiger partial charge on any atom is 0.159 e. The van der Waals surface area contributed by atoms with E-state index in [0.717, 1.165) is 33.9 Å². The second-order valence-electron chi connectivity index (χ2n) is 3.45. The lowest BCUT2D eigenvalue weighted by molar-refractivity contribution is 0.112. The first kappa shape index (κ1) is 13.6. The number of methoxy groups -OCH3 is 1. The maximum absolute atomic E-state index is 5.25. The summed E-state index contributed by atoms with van der Waals surface area (Å²) in [4.78, 5) is 9.01. The number of hydrogen-bond donors (Lipinski definition) is 1. The van der Waals surface area contributed by atoms with Gasteiger partial charge in [0.25, 0.3) is 0 Å². The Kier molecular flexibility index (Phi) is 5.40. The number of ether oxygens (including phenoxy) is 1. The highest BCUT2D eigenvalue weighted by Gasteiger charge is 2.14. The fourth-order valence-electron chi connectivity index (χ4n) is 1.32. The Morgan fingerprint density at radius 2 is 2.06 bits per heavy atom. The number of anilines is 1. The minimum atomic E-state index is -0.0697. The maximum atomic E-state index is 5.25. The summed E-state index contributed by atoms with van der Waals surface area (Å²) in [6, 6.07) is 0. The average molecular weight is 335 g/mol. The third kappa shape index (κ3) is 3.04. The molecule has 0 aliphatic heterocycles. The molecule has 1 aromatic heterocycles. The lowest BCUT2D eigenvalue weighted by atomic mass is 10.3. The van der Waals surface area contributed by atoms with E-state index >= 15 is 0 Å². The normalized spacial score (nSPS) is 12.6. The van der Waals surface area contributed by atoms with Crippen molar-refractivity contribution in [3.8, 4) is 0 Å². The molecule has 0 spiro atoms. The number of nitrogens with zero attached hydrogens (tertiary/aromatic N) is 2. The smallest absolute Gasteiger partial charge is 0.159 e. The van der Waals surface area contributed by atoms with Gasteiger partial charge in [-0.15, -0.1) is 0 Å². The van der Waals surface area contributed by atoms with Crippen LogP contribution in [0.3, 0.4) is 0 Å². The van der Waals surface area contributed by atoms with Crippen molar-refractivity contribution >= 4 is 28.4 Å². The van der Waals surface area contributed by atoms with Crippen LogP contribution >= 0.6 is 22.6 Å². The summed E-state index contributed by atoms with van der Waals surface area (Å²) in [7, 11) is 1.67. The molecule has 0 aromatic carbocycles. The highest BCUT2D eigenvalue weighted by molar-refractivity contribution is 14.1. The Bertz CT molecular complexity index is 357. The quantitative estimate of drug-likeness (QED) is 0.841. The Morgan fingerprint density at radius 3 is 2.56 bits per heavy atom. The fraction of sp³-hybridized carbons (Fsp3) is 0.636. The molecule has 0 bridgehead atoms. The van der Waals surface area contributed by atoms with Gasteiger partial charge in [0, 0.05) is 13.7 Å². The Labute approximate surface area is 110 Å². The molecule has 0 amide bonds. The molecule has 0 saturated heterocycles. The summed E-state index contributed by atoms with van der Waals surface area (Å²) in [5, 5.41) is 3.26. The van der Waals surface area contributed by atoms with Crippen LogP contribution in [0.5, 0.6) is 0 Å². The molecule has 0 radical (unpaired) electrons. The van der Waals surface area contributed by atoms with Crippen LogP contribution in [0.15, 0.2) is 0 Å². The van der Waals surface area contributed by atoms with Crippen LogP contribution in [0.25, 0.3) is 0 Å². The first-order valence-electron chi connectivity index (χ1n) is 5.46. The lowest BCUT2D eigenvalue weighted by Gasteiger charge is -2.14. The molecule has 4 nitrogen and oxygen atoms in total. The minimum Gasteiger partial charge on any atom is -0.374 e. The molecule has 1 atom stereocenters. The predicted molar refractivity (Wildman–Crippen MR) is 73.7 cm³/mol. The molecule has 16 heavy (non-hydrogen) atoms. The van der Waals surface area contributed by atoms with E-state index in [9.17, 15) is 0 Å². The zero-order valence-electron chi connectivity index (χ0n) is 10.2. The third-order valence-electron chi connectivity index (χ3n) is 2.33. The van der Waals surface area contributed by atoms with Crippen molar-refractivity contribution in [1.29, 1.82) is 0 Å². The molecular formula is C11H18IN3O. The van der Waals surface area contributed by atoms with Crippen molar-refractivity contribution in [3.63, 3.8) is 0 Å². The first-order chi connectivity index (χ1) is 7.63. The Balaban J connectivity index is 3.17. The second kappa shape index (κ2) is 6.34. The molecule has 0 aliphatic rings. The van der Waals surface area contributed by atoms with Crippen molar-refractivity contribution in [2.45, 2.75) is 33.3 Å². The molecule has 1 rings (SSSR count). The van der Waals surface area contributed by atoms with Gasteiger partial charge >= 0.3 is 0 Å². The van der Waals surface area contributed by atoms with Crippen LogP contribution in [0.1, 0.15) is 38.4 Å². The largest absolute Gasteiger partial charge is 0.374 e. The second-order valence-corrected chi connectivity index (χ2v) is 4.53. The number of hydrogen-bond acceptors (Lipinski definition) is 4. The number of rotatable bonds is 5. The number of nitrogens with one attached hydrogen (secondary N) is 1. The van der Waals surface area contributed by atoms with E-state index in [1.165, 1.54) is 0 Å². The monoisotopic (exact) mass is 335 g/mol. The van der Waals surface area contributed by atoms with Crippen LogP contribution in [-0.2, 0) is 11.2 Å². The number of aromatic nitrogens is 2. The Morgan fingerprint density at radius 1 is 1.38 bits per heavy atom. The molecule has 5 heteroatoms. The van der Waals surface area contributed by atoms with Crippen LogP contribution in [0.4, 0.5) is 5.82 Å². The van der Waals surface area contributed by atoms with Gasteiger partial charge in [-0.2, -0.15) is 0 Å². The van der Waals surface area contributed by atoms with Crippen molar-refractivity contribution in [1.82, 2.24) is 9.97 Å². The topological polar surface area (TPSA) is 47.0 Å². The number of halogens is 1. The van der Waals surface area contributed by atoms with Crippen molar-refractivity contribution < 1.29 is 4.74 Å². The standard InChI is InChI=1S/C11H18IN3O/c1-5-8-9(12)11(13-6-2)15-10(14-8)7(3)16-4/h7H,5-6H2,1-4H3,(H,13,14,15). The zero-order chi connectivity index (χ0) is 12.1. The zero-order valence-corrected chi connectivity index (χ0v) is 12.3. The van der Waals surface area contributed by atoms with Crippen LogP contribution in [0.2, 0.25) is 0 Å². The highest BCUT2D eigenvalue weighted by Crippen LogP contribution is 2.22. The van der Waals surface area contributed by atoms with Crippen LogP contribution in [0, 0.1) is 3.57 Å². The Hall–Kier alpha value is -0.430. The van der Waals surface area contributed by atoms with E-state index < -0.39 is 0 Å². The van der Waals surface area contributed by atoms with E-state index in [1.54, 1.807) is 7.11 Å². The molecule has 1 N–H and O–H groups in total. The van der Waals surface area contributed by atoms with E-state index in [1.807, 2.05) is 6.92 Å². The molecule has 0 saturated carbocycles. The van der Waals surface area contributed by atoms with Gasteiger partial charge in [-0.25, -0.2) is 9.97 Å². The van der Waals surface area contributed by atoms with Gasteiger partial charge < -0.3 is 10.1 Å². The third-order valence-corrected chi connectivity index (χ3v) is 3.47. The van der Waals surface area contributed by atoms with Gasteiger partial charge in [-0.05, 0) is 42.9 Å². The average Bonchev–Trinajstić information content (AvgIpc) is 2.31. The highest BCUT2D eigenvalue weighted by atomic mass is 127. The summed E-state index contributed by atoms with van der Waals surface area (Å²) >= 11 is 2.29. The summed E-state index contributed by atoms with van der Waals surface area (Å²) in [6.45, 7) is 6.97. The van der Waals surface area contributed by atoms with E-state index in [2.05, 4.69) is 51.7 Å². The van der Waals surface area contributed by atoms with Crippen LogP contribution in [-0.4, -0.2) is 23.6 Å². The molecule has 0 aliphatic carbocycles. The van der Waals surface area contributed by atoms with Crippen molar-refractivity contribution in [3.05, 3.63) is 15.1 Å². The van der Waals surface area contributed by atoms with Gasteiger partial charge in [0.2, 0.25) is 0 Å². The van der Waals surface area contributed by atoms with E-state index in [-0.39, 0.29) is 6.10 Å². The lowest BCUT2D eigenvalue weighted by Crippen LogP contribution is -2.12. The van der Waals surface area contributed by atoms with Gasteiger partial charge in [0.1, 0.15) is 11.9 Å². The molecule has 1 unspecified atom stereocenters. The van der Waals surface area contributed by atoms with Gasteiger partial charge in [0.15, 0.2) is 5.82 Å². The molecule has 90 valence electrons. The van der Waals surface area contributed by atoms with Gasteiger partial charge in [-0.3, -0.25) is 0 Å². The summed E-state index contributed by atoms with van der Waals surface area (Å²) in [6.07, 6.45) is 0.836. The van der Waals surface area contributed by atoms with E-state index in [0.29, 0.717) is 0 Å². The van der Waals surface area contributed by atoms with Gasteiger partial charge in [-0.1, -0.05) is 6.92 Å². The molecule has 1 aromatic rings. The summed E-state index contributed by atoms with van der Waals surface area (Å²) in [5.41, 5.74) is 1.07. The minimum absolute atomic E-state index is 0.0697. The fourth-order valence-corrected chi connectivity index (χ4v) is 2.13. The number of aryl methyl sites for hydroxylation is 1. The molecule has 0 fully saturated rings. The van der Waals surface area contributed by atoms with Crippen molar-refractivity contribution in [2.24, 2.45) is 0 Å². The van der Waals surface area contributed by atoms with Crippen LogP contribution < -0.4 is 5.32 Å².